The van der Waals surface area contributed by atoms with Gasteiger partial charge in [-0.3, -0.25) is 4.79 Å². The number of unbranched alkanes of at least 4 members (excludes halogenated alkanes) is 2. The van der Waals surface area contributed by atoms with E-state index in [1.807, 2.05) is 0 Å². The lowest BCUT2D eigenvalue weighted by Gasteiger charge is -2.17. The monoisotopic (exact) mass is 306 g/mol. The van der Waals surface area contributed by atoms with E-state index in [2.05, 4.69) is 6.92 Å². The Morgan fingerprint density at radius 2 is 2.05 bits per heavy atom. The van der Waals surface area contributed by atoms with Gasteiger partial charge in [0.2, 0.25) is 0 Å². The van der Waals surface area contributed by atoms with E-state index in [0.717, 1.165) is 19.3 Å². The number of aryl methyl sites for hydroxylation is 1. The molecule has 0 aromatic carbocycles. The standard InChI is InChI=1S/C12H19ClN2O3S/c1-4-5-6-7-14(2)12(16)11-8-10(9-15(11)3)19(13,17)18/h8-9H,4-7H2,1-3H3. The summed E-state index contributed by atoms with van der Waals surface area (Å²) in [5.41, 5.74) is 0.318. The molecular weight excluding hydrogens is 288 g/mol. The van der Waals surface area contributed by atoms with Crippen molar-refractivity contribution in [1.29, 1.82) is 0 Å². The molecule has 0 radical (unpaired) electrons. The number of hydrogen-bond donors (Lipinski definition) is 0. The van der Waals surface area contributed by atoms with Crippen molar-refractivity contribution in [3.05, 3.63) is 18.0 Å². The topological polar surface area (TPSA) is 59.4 Å². The number of carbonyl (C=O) groups is 1. The second-order valence-electron chi connectivity index (χ2n) is 4.54. The van der Waals surface area contributed by atoms with Crippen LogP contribution >= 0.6 is 10.7 Å². The van der Waals surface area contributed by atoms with Crippen molar-refractivity contribution < 1.29 is 13.2 Å². The average Bonchev–Trinajstić information content (AvgIpc) is 2.70. The van der Waals surface area contributed by atoms with Gasteiger partial charge in [0.25, 0.3) is 15.0 Å². The summed E-state index contributed by atoms with van der Waals surface area (Å²) in [5, 5.41) is 0. The summed E-state index contributed by atoms with van der Waals surface area (Å²) in [4.78, 5) is 13.7. The molecule has 7 heteroatoms. The summed E-state index contributed by atoms with van der Waals surface area (Å²) < 4.78 is 23.9. The van der Waals surface area contributed by atoms with Crippen LogP contribution in [0, 0.1) is 0 Å². The highest BCUT2D eigenvalue weighted by molar-refractivity contribution is 8.13. The quantitative estimate of drug-likeness (QED) is 0.598. The van der Waals surface area contributed by atoms with Gasteiger partial charge in [0, 0.05) is 37.5 Å². The molecule has 0 unspecified atom stereocenters. The molecule has 5 nitrogen and oxygen atoms in total. The fraction of sp³-hybridized carbons (Fsp3) is 0.583. The first-order valence-electron chi connectivity index (χ1n) is 6.14. The Morgan fingerprint density at radius 1 is 1.42 bits per heavy atom. The van der Waals surface area contributed by atoms with Gasteiger partial charge in [0.15, 0.2) is 0 Å². The molecule has 0 aliphatic carbocycles. The van der Waals surface area contributed by atoms with E-state index in [1.54, 1.807) is 19.0 Å². The lowest BCUT2D eigenvalue weighted by molar-refractivity contribution is 0.0783. The van der Waals surface area contributed by atoms with Crippen molar-refractivity contribution in [3.63, 3.8) is 0 Å². The highest BCUT2D eigenvalue weighted by atomic mass is 35.7. The second kappa shape index (κ2) is 6.43. The van der Waals surface area contributed by atoms with Gasteiger partial charge < -0.3 is 9.47 Å². The molecule has 1 rings (SSSR count). The molecule has 1 aromatic rings. The van der Waals surface area contributed by atoms with Gasteiger partial charge in [-0.1, -0.05) is 19.8 Å². The fourth-order valence-corrected chi connectivity index (χ4v) is 2.57. The molecule has 1 aromatic heterocycles. The van der Waals surface area contributed by atoms with Gasteiger partial charge in [-0.25, -0.2) is 8.42 Å². The van der Waals surface area contributed by atoms with Crippen LogP contribution in [0.15, 0.2) is 17.2 Å². The maximum atomic E-state index is 12.2. The lowest BCUT2D eigenvalue weighted by Crippen LogP contribution is -2.29. The number of nitrogens with zero attached hydrogens (tertiary/aromatic N) is 2. The molecule has 0 aliphatic heterocycles. The Kier molecular flexibility index (Phi) is 5.43. The summed E-state index contributed by atoms with van der Waals surface area (Å²) in [5.74, 6) is -0.204. The van der Waals surface area contributed by atoms with Crippen LogP contribution in [0.2, 0.25) is 0 Å². The van der Waals surface area contributed by atoms with E-state index in [1.165, 1.54) is 16.8 Å². The second-order valence-corrected chi connectivity index (χ2v) is 7.11. The van der Waals surface area contributed by atoms with Gasteiger partial charge in [-0.05, 0) is 12.5 Å². The molecule has 0 saturated carbocycles. The number of hydrogen-bond acceptors (Lipinski definition) is 3. The smallest absolute Gasteiger partial charge is 0.270 e. The molecule has 19 heavy (non-hydrogen) atoms. The molecule has 108 valence electrons. The number of halogens is 1. The average molecular weight is 307 g/mol. The zero-order valence-electron chi connectivity index (χ0n) is 11.4. The van der Waals surface area contributed by atoms with Crippen LogP contribution in [0.5, 0.6) is 0 Å². The first-order valence-corrected chi connectivity index (χ1v) is 8.44. The third-order valence-corrected chi connectivity index (χ3v) is 4.25. The normalized spacial score (nSPS) is 11.6. The zero-order chi connectivity index (χ0) is 14.6. The predicted octanol–water partition coefficient (Wildman–Crippen LogP) is 2.21. The van der Waals surface area contributed by atoms with Crippen molar-refractivity contribution >= 4 is 25.6 Å². The summed E-state index contributed by atoms with van der Waals surface area (Å²) in [6.45, 7) is 2.75. The van der Waals surface area contributed by atoms with Gasteiger partial charge in [0.1, 0.15) is 10.6 Å². The molecule has 0 aliphatic rings. The van der Waals surface area contributed by atoms with E-state index in [0.29, 0.717) is 12.2 Å². The van der Waals surface area contributed by atoms with Crippen LogP contribution in [0.25, 0.3) is 0 Å². The van der Waals surface area contributed by atoms with Crippen LogP contribution in [-0.2, 0) is 16.1 Å². The van der Waals surface area contributed by atoms with Gasteiger partial charge in [0.05, 0.1) is 0 Å². The summed E-state index contributed by atoms with van der Waals surface area (Å²) in [6, 6.07) is 1.31. The van der Waals surface area contributed by atoms with Crippen molar-refractivity contribution in [3.8, 4) is 0 Å². The molecular formula is C12H19ClN2O3S. The Bertz CT molecular complexity index is 551. The number of amides is 1. The highest BCUT2D eigenvalue weighted by Gasteiger charge is 2.20. The van der Waals surface area contributed by atoms with Gasteiger partial charge in [-0.2, -0.15) is 0 Å². The Labute approximate surface area is 118 Å². The Hall–Kier alpha value is -1.01. The first kappa shape index (κ1) is 16.0. The summed E-state index contributed by atoms with van der Waals surface area (Å²) in [7, 11) is 4.79. The number of rotatable bonds is 6. The molecule has 1 heterocycles. The van der Waals surface area contributed by atoms with Crippen LogP contribution in [0.3, 0.4) is 0 Å². The third kappa shape index (κ3) is 4.24. The maximum Gasteiger partial charge on any atom is 0.270 e. The van der Waals surface area contributed by atoms with Crippen molar-refractivity contribution in [2.45, 2.75) is 31.1 Å². The zero-order valence-corrected chi connectivity index (χ0v) is 13.0. The van der Waals surface area contributed by atoms with E-state index in [9.17, 15) is 13.2 Å². The van der Waals surface area contributed by atoms with Crippen molar-refractivity contribution in [1.82, 2.24) is 9.47 Å². The summed E-state index contributed by atoms with van der Waals surface area (Å²) >= 11 is 0. The fourth-order valence-electron chi connectivity index (χ4n) is 1.78. The van der Waals surface area contributed by atoms with Crippen molar-refractivity contribution in [2.24, 2.45) is 7.05 Å². The molecule has 0 bridgehead atoms. The van der Waals surface area contributed by atoms with Crippen LogP contribution < -0.4 is 0 Å². The minimum atomic E-state index is -3.80. The van der Waals surface area contributed by atoms with Gasteiger partial charge >= 0.3 is 0 Å². The summed E-state index contributed by atoms with van der Waals surface area (Å²) in [6.07, 6.45) is 4.42. The van der Waals surface area contributed by atoms with E-state index in [4.69, 9.17) is 10.7 Å². The predicted molar refractivity (Wildman–Crippen MR) is 74.9 cm³/mol. The van der Waals surface area contributed by atoms with Crippen molar-refractivity contribution in [2.75, 3.05) is 13.6 Å². The minimum absolute atomic E-state index is 0.0537. The molecule has 1 amide bonds. The first-order chi connectivity index (χ1) is 8.77. The van der Waals surface area contributed by atoms with Gasteiger partial charge in [-0.15, -0.1) is 0 Å². The molecule has 0 atom stereocenters. The Balaban J connectivity index is 2.85. The molecule has 0 saturated heterocycles. The largest absolute Gasteiger partial charge is 0.345 e. The third-order valence-electron chi connectivity index (χ3n) is 2.92. The number of carbonyl (C=O) groups excluding carboxylic acids is 1. The maximum absolute atomic E-state index is 12.2. The molecule has 0 N–H and O–H groups in total. The molecule has 0 fully saturated rings. The van der Waals surface area contributed by atoms with Crippen LogP contribution in [0.1, 0.15) is 36.7 Å². The van der Waals surface area contributed by atoms with E-state index in [-0.39, 0.29) is 10.8 Å². The Morgan fingerprint density at radius 3 is 2.53 bits per heavy atom. The van der Waals surface area contributed by atoms with E-state index < -0.39 is 9.05 Å². The number of aromatic nitrogens is 1. The highest BCUT2D eigenvalue weighted by Crippen LogP contribution is 2.18. The lowest BCUT2D eigenvalue weighted by atomic mass is 10.2. The van der Waals surface area contributed by atoms with E-state index >= 15 is 0 Å². The van der Waals surface area contributed by atoms with Crippen LogP contribution in [-0.4, -0.2) is 37.4 Å². The van der Waals surface area contributed by atoms with Crippen LogP contribution in [0.4, 0.5) is 0 Å². The SMILES string of the molecule is CCCCCN(C)C(=O)c1cc(S(=O)(=O)Cl)cn1C. The molecule has 0 spiro atoms. The minimum Gasteiger partial charge on any atom is -0.345 e.